The third-order valence-corrected chi connectivity index (χ3v) is 3.57. The molecule has 2 rings (SSSR count). The third-order valence-electron chi connectivity index (χ3n) is 3.57. The van der Waals surface area contributed by atoms with Gasteiger partial charge in [-0.25, -0.2) is 0 Å². The fourth-order valence-electron chi connectivity index (χ4n) is 2.32. The van der Waals surface area contributed by atoms with Crippen LogP contribution in [0.5, 0.6) is 0 Å². The van der Waals surface area contributed by atoms with Gasteiger partial charge in [0.1, 0.15) is 6.04 Å². The number of hydrogen-bond donors (Lipinski definition) is 2. The molecule has 0 saturated heterocycles. The fourth-order valence-corrected chi connectivity index (χ4v) is 2.32. The minimum Gasteiger partial charge on any atom is -0.394 e. The van der Waals surface area contributed by atoms with Gasteiger partial charge in [-0.2, -0.15) is 0 Å². The summed E-state index contributed by atoms with van der Waals surface area (Å²) in [6, 6.07) is 12.0. The first kappa shape index (κ1) is 17.6. The van der Waals surface area contributed by atoms with Gasteiger partial charge in [0.2, 0.25) is 11.8 Å². The van der Waals surface area contributed by atoms with Crippen LogP contribution in [0.3, 0.4) is 0 Å². The van der Waals surface area contributed by atoms with Crippen molar-refractivity contribution in [2.75, 3.05) is 13.7 Å². The van der Waals surface area contributed by atoms with Crippen LogP contribution in [0.1, 0.15) is 11.1 Å². The van der Waals surface area contributed by atoms with Crippen LogP contribution in [0.2, 0.25) is 0 Å². The van der Waals surface area contributed by atoms with Crippen LogP contribution in [0.15, 0.2) is 54.9 Å². The summed E-state index contributed by atoms with van der Waals surface area (Å²) in [5.74, 6) is -0.647. The molecule has 6 nitrogen and oxygen atoms in total. The number of nitrogens with zero attached hydrogens (tertiary/aromatic N) is 2. The van der Waals surface area contributed by atoms with E-state index in [4.69, 9.17) is 0 Å². The van der Waals surface area contributed by atoms with Crippen molar-refractivity contribution in [3.63, 3.8) is 0 Å². The topological polar surface area (TPSA) is 82.5 Å². The summed E-state index contributed by atoms with van der Waals surface area (Å²) >= 11 is 0. The van der Waals surface area contributed by atoms with E-state index in [-0.39, 0.29) is 18.2 Å². The number of hydrogen-bond acceptors (Lipinski definition) is 4. The zero-order valence-corrected chi connectivity index (χ0v) is 13.6. The highest BCUT2D eigenvalue weighted by Crippen LogP contribution is 2.05. The molecule has 0 radical (unpaired) electrons. The number of amides is 2. The van der Waals surface area contributed by atoms with E-state index in [1.165, 1.54) is 4.90 Å². The molecule has 0 aliphatic carbocycles. The van der Waals surface area contributed by atoms with Crippen LogP contribution < -0.4 is 5.32 Å². The van der Waals surface area contributed by atoms with Gasteiger partial charge >= 0.3 is 0 Å². The van der Waals surface area contributed by atoms with Gasteiger partial charge in [0, 0.05) is 26.0 Å². The van der Waals surface area contributed by atoms with Crippen molar-refractivity contribution in [2.45, 2.75) is 19.0 Å². The van der Waals surface area contributed by atoms with Gasteiger partial charge < -0.3 is 15.3 Å². The van der Waals surface area contributed by atoms with E-state index in [1.807, 2.05) is 30.3 Å². The van der Waals surface area contributed by atoms with E-state index in [0.29, 0.717) is 6.54 Å². The zero-order chi connectivity index (χ0) is 17.4. The quantitative estimate of drug-likeness (QED) is 0.786. The molecule has 2 aromatic rings. The molecule has 0 aliphatic rings. The smallest absolute Gasteiger partial charge is 0.247 e. The van der Waals surface area contributed by atoms with Crippen molar-refractivity contribution in [3.8, 4) is 0 Å². The molecule has 126 valence electrons. The second kappa shape index (κ2) is 8.79. The number of benzene rings is 1. The van der Waals surface area contributed by atoms with E-state index < -0.39 is 12.6 Å². The Balaban J connectivity index is 1.91. The minimum absolute atomic E-state index is 0.134. The summed E-state index contributed by atoms with van der Waals surface area (Å²) in [6.45, 7) is -0.0313. The van der Waals surface area contributed by atoms with Gasteiger partial charge in [-0.1, -0.05) is 30.3 Å². The molecule has 1 unspecified atom stereocenters. The van der Waals surface area contributed by atoms with E-state index in [0.717, 1.165) is 11.1 Å². The van der Waals surface area contributed by atoms with Crippen LogP contribution in [0, 0.1) is 0 Å². The number of aliphatic hydroxyl groups excluding tert-OH is 1. The molecule has 1 atom stereocenters. The van der Waals surface area contributed by atoms with Crippen molar-refractivity contribution >= 4 is 11.8 Å². The molecule has 1 aromatic carbocycles. The Kier molecular flexibility index (Phi) is 6.45. The largest absolute Gasteiger partial charge is 0.394 e. The van der Waals surface area contributed by atoms with E-state index in [9.17, 15) is 14.7 Å². The molecular weight excluding hydrogens is 306 g/mol. The fraction of sp³-hybridized carbons (Fsp3) is 0.278. The minimum atomic E-state index is -0.951. The highest BCUT2D eigenvalue weighted by Gasteiger charge is 2.23. The molecular formula is C18H21N3O3. The number of aliphatic hydroxyl groups is 1. The molecule has 24 heavy (non-hydrogen) atoms. The van der Waals surface area contributed by atoms with Gasteiger partial charge in [0.25, 0.3) is 0 Å². The first-order valence-electron chi connectivity index (χ1n) is 7.68. The normalized spacial score (nSPS) is 11.6. The number of rotatable bonds is 7. The SMILES string of the molecule is CN(Cc1ccccc1)C(=O)C(CO)NC(=O)Cc1ccncc1. The Morgan fingerprint density at radius 1 is 1.12 bits per heavy atom. The van der Waals surface area contributed by atoms with Crippen molar-refractivity contribution in [2.24, 2.45) is 0 Å². The van der Waals surface area contributed by atoms with Crippen molar-refractivity contribution in [3.05, 3.63) is 66.0 Å². The van der Waals surface area contributed by atoms with Gasteiger partial charge in [0.15, 0.2) is 0 Å². The lowest BCUT2D eigenvalue weighted by Gasteiger charge is -2.23. The zero-order valence-electron chi connectivity index (χ0n) is 13.6. The van der Waals surface area contributed by atoms with Crippen LogP contribution in [-0.2, 0) is 22.6 Å². The maximum atomic E-state index is 12.4. The standard InChI is InChI=1S/C18H21N3O3/c1-21(12-15-5-3-2-4-6-15)18(24)16(13-22)20-17(23)11-14-7-9-19-10-8-14/h2-10,16,22H,11-13H2,1H3,(H,20,23). The Labute approximate surface area is 141 Å². The Hall–Kier alpha value is -2.73. The predicted octanol–water partition coefficient (Wildman–Crippen LogP) is 0.760. The van der Waals surface area contributed by atoms with Gasteiger partial charge in [-0.15, -0.1) is 0 Å². The van der Waals surface area contributed by atoms with Crippen LogP contribution in [0.25, 0.3) is 0 Å². The monoisotopic (exact) mass is 327 g/mol. The predicted molar refractivity (Wildman–Crippen MR) is 89.9 cm³/mol. The Morgan fingerprint density at radius 3 is 2.42 bits per heavy atom. The number of carbonyl (C=O) groups is 2. The lowest BCUT2D eigenvalue weighted by molar-refractivity contribution is -0.136. The van der Waals surface area contributed by atoms with E-state index >= 15 is 0 Å². The maximum Gasteiger partial charge on any atom is 0.247 e. The van der Waals surface area contributed by atoms with Gasteiger partial charge in [-0.3, -0.25) is 14.6 Å². The van der Waals surface area contributed by atoms with Crippen LogP contribution in [-0.4, -0.2) is 46.5 Å². The summed E-state index contributed by atoms with van der Waals surface area (Å²) in [7, 11) is 1.65. The number of nitrogens with one attached hydrogen (secondary N) is 1. The van der Waals surface area contributed by atoms with Crippen LogP contribution in [0.4, 0.5) is 0 Å². The molecule has 0 spiro atoms. The van der Waals surface area contributed by atoms with Gasteiger partial charge in [-0.05, 0) is 23.3 Å². The molecule has 1 aromatic heterocycles. The van der Waals surface area contributed by atoms with Gasteiger partial charge in [0.05, 0.1) is 13.0 Å². The third kappa shape index (κ3) is 5.17. The van der Waals surface area contributed by atoms with Crippen molar-refractivity contribution < 1.29 is 14.7 Å². The average molecular weight is 327 g/mol. The highest BCUT2D eigenvalue weighted by atomic mass is 16.3. The summed E-state index contributed by atoms with van der Waals surface area (Å²) in [5, 5.41) is 12.0. The van der Waals surface area contributed by atoms with E-state index in [1.54, 1.807) is 31.6 Å². The molecule has 1 heterocycles. The molecule has 2 N–H and O–H groups in total. The number of likely N-dealkylation sites (N-methyl/N-ethyl adjacent to an activating group) is 1. The lowest BCUT2D eigenvalue weighted by Crippen LogP contribution is -2.49. The second-order valence-corrected chi connectivity index (χ2v) is 5.51. The van der Waals surface area contributed by atoms with E-state index in [2.05, 4.69) is 10.3 Å². The lowest BCUT2D eigenvalue weighted by atomic mass is 10.1. The Morgan fingerprint density at radius 2 is 1.79 bits per heavy atom. The second-order valence-electron chi connectivity index (χ2n) is 5.51. The maximum absolute atomic E-state index is 12.4. The first-order chi connectivity index (χ1) is 11.6. The molecule has 0 bridgehead atoms. The molecule has 2 amide bonds. The highest BCUT2D eigenvalue weighted by molar-refractivity contribution is 5.88. The molecule has 0 fully saturated rings. The Bertz CT molecular complexity index is 662. The summed E-state index contributed by atoms with van der Waals surface area (Å²) in [6.07, 6.45) is 3.34. The molecule has 6 heteroatoms. The molecule has 0 aliphatic heterocycles. The summed E-state index contributed by atoms with van der Waals surface area (Å²) < 4.78 is 0. The van der Waals surface area contributed by atoms with Crippen molar-refractivity contribution in [1.29, 1.82) is 0 Å². The summed E-state index contributed by atoms with van der Waals surface area (Å²) in [4.78, 5) is 29.8. The number of aromatic nitrogens is 1. The number of carbonyl (C=O) groups excluding carboxylic acids is 2. The first-order valence-corrected chi connectivity index (χ1v) is 7.68. The van der Waals surface area contributed by atoms with Crippen molar-refractivity contribution in [1.82, 2.24) is 15.2 Å². The average Bonchev–Trinajstić information content (AvgIpc) is 2.60. The van der Waals surface area contributed by atoms with Crippen LogP contribution >= 0.6 is 0 Å². The molecule has 0 saturated carbocycles. The number of pyridine rings is 1. The summed E-state index contributed by atoms with van der Waals surface area (Å²) in [5.41, 5.74) is 1.78.